The van der Waals surface area contributed by atoms with E-state index >= 15 is 0 Å². The lowest BCUT2D eigenvalue weighted by Gasteiger charge is -2.06. The van der Waals surface area contributed by atoms with E-state index in [1.54, 1.807) is 18.2 Å². The average Bonchev–Trinajstić information content (AvgIpc) is 3.13. The maximum atomic E-state index is 13.5. The van der Waals surface area contributed by atoms with E-state index in [2.05, 4.69) is 15.6 Å². The van der Waals surface area contributed by atoms with Crippen molar-refractivity contribution in [2.45, 2.75) is 6.42 Å². The maximum Gasteiger partial charge on any atom is 0.313 e. The van der Waals surface area contributed by atoms with Crippen LogP contribution >= 0.6 is 11.3 Å². The van der Waals surface area contributed by atoms with Gasteiger partial charge in [-0.2, -0.15) is 0 Å². The molecule has 138 valence electrons. The Bertz CT molecular complexity index is 958. The second kappa shape index (κ2) is 8.50. The van der Waals surface area contributed by atoms with Gasteiger partial charge >= 0.3 is 11.8 Å². The van der Waals surface area contributed by atoms with Crippen LogP contribution in [-0.2, 0) is 16.0 Å². The van der Waals surface area contributed by atoms with Crippen LogP contribution in [0, 0.1) is 11.6 Å². The minimum absolute atomic E-state index is 0.0545. The molecule has 0 atom stereocenters. The number of hydrogen-bond acceptors (Lipinski definition) is 4. The molecule has 0 saturated carbocycles. The summed E-state index contributed by atoms with van der Waals surface area (Å²) in [6, 6.07) is 11.6. The monoisotopic (exact) mass is 387 g/mol. The van der Waals surface area contributed by atoms with Crippen LogP contribution in [0.15, 0.2) is 53.9 Å². The highest BCUT2D eigenvalue weighted by Gasteiger charge is 2.15. The molecule has 0 aliphatic heterocycles. The number of nitrogens with one attached hydrogen (secondary N) is 2. The number of carbonyl (C=O) groups is 2. The zero-order valence-corrected chi connectivity index (χ0v) is 14.9. The van der Waals surface area contributed by atoms with Crippen LogP contribution in [0.2, 0.25) is 0 Å². The zero-order valence-electron chi connectivity index (χ0n) is 14.0. The van der Waals surface area contributed by atoms with E-state index < -0.39 is 17.6 Å². The van der Waals surface area contributed by atoms with Gasteiger partial charge in [-0.25, -0.2) is 13.8 Å². The normalized spacial score (nSPS) is 10.4. The maximum absolute atomic E-state index is 13.5. The molecule has 0 spiro atoms. The first-order valence-corrected chi connectivity index (χ1v) is 8.95. The second-order valence-corrected chi connectivity index (χ2v) is 6.45. The van der Waals surface area contributed by atoms with Gasteiger partial charge in [0.2, 0.25) is 0 Å². The van der Waals surface area contributed by atoms with E-state index in [4.69, 9.17) is 0 Å². The van der Waals surface area contributed by atoms with E-state index in [9.17, 15) is 18.4 Å². The third-order valence-electron chi connectivity index (χ3n) is 3.64. The Morgan fingerprint density at radius 3 is 2.48 bits per heavy atom. The number of rotatable bonds is 5. The predicted molar refractivity (Wildman–Crippen MR) is 99.3 cm³/mol. The summed E-state index contributed by atoms with van der Waals surface area (Å²) in [6.07, 6.45) is 0.427. The number of nitrogens with zero attached hydrogens (tertiary/aromatic N) is 1. The molecule has 0 aliphatic rings. The highest BCUT2D eigenvalue weighted by molar-refractivity contribution is 7.13. The third kappa shape index (κ3) is 4.95. The molecule has 3 rings (SSSR count). The molecule has 1 heterocycles. The molecular weight excluding hydrogens is 372 g/mol. The molecule has 27 heavy (non-hydrogen) atoms. The van der Waals surface area contributed by atoms with Crippen molar-refractivity contribution in [2.75, 3.05) is 11.9 Å². The Morgan fingerprint density at radius 2 is 1.74 bits per heavy atom. The molecule has 0 bridgehead atoms. The van der Waals surface area contributed by atoms with Gasteiger partial charge in [0.15, 0.2) is 0 Å². The van der Waals surface area contributed by atoms with Crippen molar-refractivity contribution in [3.8, 4) is 10.6 Å². The van der Waals surface area contributed by atoms with Crippen LogP contribution < -0.4 is 10.6 Å². The van der Waals surface area contributed by atoms with Crippen LogP contribution in [0.3, 0.4) is 0 Å². The van der Waals surface area contributed by atoms with E-state index in [0.717, 1.165) is 16.3 Å². The lowest BCUT2D eigenvalue weighted by atomic mass is 10.2. The molecule has 8 heteroatoms. The molecule has 2 amide bonds. The lowest BCUT2D eigenvalue weighted by Crippen LogP contribution is -2.36. The Labute approximate surface area is 158 Å². The second-order valence-electron chi connectivity index (χ2n) is 5.59. The number of aromatic nitrogens is 1. The number of halogens is 2. The number of hydrogen-bond donors (Lipinski definition) is 2. The molecule has 0 fully saturated rings. The highest BCUT2D eigenvalue weighted by Crippen LogP contribution is 2.23. The highest BCUT2D eigenvalue weighted by atomic mass is 32.1. The Balaban J connectivity index is 1.49. The summed E-state index contributed by atoms with van der Waals surface area (Å²) in [5, 5.41) is 7.27. The van der Waals surface area contributed by atoms with Crippen molar-refractivity contribution in [3.63, 3.8) is 0 Å². The van der Waals surface area contributed by atoms with Crippen LogP contribution in [-0.4, -0.2) is 23.3 Å². The summed E-state index contributed by atoms with van der Waals surface area (Å²) < 4.78 is 26.4. The van der Waals surface area contributed by atoms with Crippen molar-refractivity contribution in [1.82, 2.24) is 10.3 Å². The molecule has 2 aromatic carbocycles. The SMILES string of the molecule is O=C(NCCc1csc(-c2ccc(F)cc2)n1)C(=O)Nc1ccccc1F. The summed E-state index contributed by atoms with van der Waals surface area (Å²) in [7, 11) is 0. The van der Waals surface area contributed by atoms with Gasteiger partial charge in [0, 0.05) is 23.9 Å². The number of para-hydroxylation sites is 1. The first kappa shape index (κ1) is 18.7. The van der Waals surface area contributed by atoms with Gasteiger partial charge in [0.05, 0.1) is 11.4 Å². The Morgan fingerprint density at radius 1 is 1.00 bits per heavy atom. The zero-order chi connectivity index (χ0) is 19.2. The average molecular weight is 387 g/mol. The summed E-state index contributed by atoms with van der Waals surface area (Å²) in [6.45, 7) is 0.204. The van der Waals surface area contributed by atoms with E-state index in [1.165, 1.54) is 41.7 Å². The number of thiazole rings is 1. The molecule has 0 aliphatic carbocycles. The summed E-state index contributed by atoms with van der Waals surface area (Å²) >= 11 is 1.41. The van der Waals surface area contributed by atoms with Gasteiger partial charge in [-0.15, -0.1) is 11.3 Å². The number of carbonyl (C=O) groups excluding carboxylic acids is 2. The van der Waals surface area contributed by atoms with Crippen molar-refractivity contribution in [3.05, 3.63) is 71.2 Å². The van der Waals surface area contributed by atoms with E-state index in [1.807, 2.05) is 5.38 Å². The molecular formula is C19H15F2N3O2S. The topological polar surface area (TPSA) is 71.1 Å². The summed E-state index contributed by atoms with van der Waals surface area (Å²) in [5.41, 5.74) is 1.50. The Hall–Kier alpha value is -3.13. The third-order valence-corrected chi connectivity index (χ3v) is 4.58. The van der Waals surface area contributed by atoms with Crippen LogP contribution in [0.4, 0.5) is 14.5 Å². The summed E-state index contributed by atoms with van der Waals surface area (Å²) in [5.74, 6) is -2.72. The molecule has 5 nitrogen and oxygen atoms in total. The molecule has 0 unspecified atom stereocenters. The van der Waals surface area contributed by atoms with E-state index in [0.29, 0.717) is 6.42 Å². The molecule has 0 radical (unpaired) electrons. The van der Waals surface area contributed by atoms with Crippen molar-refractivity contribution in [1.29, 1.82) is 0 Å². The largest absolute Gasteiger partial charge is 0.347 e. The number of amides is 2. The predicted octanol–water partition coefficient (Wildman–Crippen LogP) is 3.39. The Kier molecular flexibility index (Phi) is 5.87. The molecule has 0 saturated heterocycles. The molecule has 2 N–H and O–H groups in total. The standard InChI is InChI=1S/C19H15F2N3O2S/c20-13-7-5-12(6-8-13)19-23-14(11-27-19)9-10-22-17(25)18(26)24-16-4-2-1-3-15(16)21/h1-8,11H,9-10H2,(H,22,25)(H,24,26). The molecule has 3 aromatic rings. The number of benzene rings is 2. The number of anilines is 1. The van der Waals surface area contributed by atoms with Crippen LogP contribution in [0.1, 0.15) is 5.69 Å². The van der Waals surface area contributed by atoms with Gasteiger partial charge in [0.25, 0.3) is 0 Å². The van der Waals surface area contributed by atoms with Gasteiger partial charge in [0.1, 0.15) is 16.6 Å². The smallest absolute Gasteiger partial charge is 0.313 e. The van der Waals surface area contributed by atoms with Crippen LogP contribution in [0.25, 0.3) is 10.6 Å². The van der Waals surface area contributed by atoms with Crippen molar-refractivity contribution < 1.29 is 18.4 Å². The van der Waals surface area contributed by atoms with Crippen molar-refractivity contribution >= 4 is 28.8 Å². The minimum atomic E-state index is -0.939. The minimum Gasteiger partial charge on any atom is -0.347 e. The fourth-order valence-corrected chi connectivity index (χ4v) is 3.13. The van der Waals surface area contributed by atoms with E-state index in [-0.39, 0.29) is 18.0 Å². The first-order valence-electron chi connectivity index (χ1n) is 8.07. The molecule has 1 aromatic heterocycles. The fraction of sp³-hybridized carbons (Fsp3) is 0.105. The fourth-order valence-electron chi connectivity index (χ4n) is 2.27. The van der Waals surface area contributed by atoms with Crippen LogP contribution in [0.5, 0.6) is 0 Å². The van der Waals surface area contributed by atoms with Gasteiger partial charge in [-0.1, -0.05) is 12.1 Å². The lowest BCUT2D eigenvalue weighted by molar-refractivity contribution is -0.136. The quantitative estimate of drug-likeness (QED) is 0.660. The van der Waals surface area contributed by atoms with Crippen molar-refractivity contribution in [2.24, 2.45) is 0 Å². The van der Waals surface area contributed by atoms with Gasteiger partial charge in [-0.3, -0.25) is 9.59 Å². The van der Waals surface area contributed by atoms with Gasteiger partial charge < -0.3 is 10.6 Å². The van der Waals surface area contributed by atoms with Gasteiger partial charge in [-0.05, 0) is 36.4 Å². The summed E-state index contributed by atoms with van der Waals surface area (Å²) in [4.78, 5) is 28.0. The first-order chi connectivity index (χ1) is 13.0.